The third kappa shape index (κ3) is 1.84. The van der Waals surface area contributed by atoms with Crippen molar-refractivity contribution < 1.29 is 4.79 Å². The fraction of sp³-hybridized carbons (Fsp3) is 0.417. The molecule has 1 atom stereocenters. The summed E-state index contributed by atoms with van der Waals surface area (Å²) in [5.41, 5.74) is 1.00. The van der Waals surface area contributed by atoms with Gasteiger partial charge in [0.2, 0.25) is 5.91 Å². The van der Waals surface area contributed by atoms with E-state index in [4.69, 9.17) is 0 Å². The van der Waals surface area contributed by atoms with Crippen LogP contribution in [0, 0.1) is 5.41 Å². The molecule has 0 radical (unpaired) electrons. The zero-order valence-electron chi connectivity index (χ0n) is 9.04. The lowest BCUT2D eigenvalue weighted by atomic mass is 9.78. The van der Waals surface area contributed by atoms with E-state index in [0.717, 1.165) is 12.8 Å². The van der Waals surface area contributed by atoms with Crippen LogP contribution in [0.1, 0.15) is 31.6 Å². The number of nitrogens with one attached hydrogen (secondary N) is 1. The van der Waals surface area contributed by atoms with Crippen molar-refractivity contribution in [1.82, 2.24) is 5.32 Å². The van der Waals surface area contributed by atoms with E-state index in [1.807, 2.05) is 19.2 Å². The molecule has 1 aliphatic rings. The summed E-state index contributed by atoms with van der Waals surface area (Å²) in [5, 5.41) is 4.93. The summed E-state index contributed by atoms with van der Waals surface area (Å²) in [7, 11) is 0. The molecule has 0 spiro atoms. The molecular formula is C12H15NOS. The van der Waals surface area contributed by atoms with Gasteiger partial charge in [0.15, 0.2) is 0 Å². The molecule has 0 saturated heterocycles. The molecule has 3 heteroatoms. The van der Waals surface area contributed by atoms with Gasteiger partial charge in [0, 0.05) is 11.1 Å². The zero-order valence-corrected chi connectivity index (χ0v) is 9.86. The highest BCUT2D eigenvalue weighted by molar-refractivity contribution is 7.11. The average Bonchev–Trinajstić information content (AvgIpc) is 2.75. The second-order valence-electron chi connectivity index (χ2n) is 4.21. The second-order valence-corrected chi connectivity index (χ2v) is 5.16. The van der Waals surface area contributed by atoms with Gasteiger partial charge in [-0.3, -0.25) is 4.79 Å². The summed E-state index contributed by atoms with van der Waals surface area (Å²) < 4.78 is 0. The van der Waals surface area contributed by atoms with Crippen LogP contribution in [0.4, 0.5) is 0 Å². The maximum absolute atomic E-state index is 11.7. The minimum absolute atomic E-state index is 0.144. The first kappa shape index (κ1) is 10.4. The first-order valence-electron chi connectivity index (χ1n) is 5.19. The van der Waals surface area contributed by atoms with Crippen LogP contribution < -0.4 is 5.32 Å². The Kier molecular flexibility index (Phi) is 2.65. The predicted molar refractivity (Wildman–Crippen MR) is 63.5 cm³/mol. The van der Waals surface area contributed by atoms with Gasteiger partial charge in [-0.1, -0.05) is 19.9 Å². The Morgan fingerprint density at radius 3 is 3.00 bits per heavy atom. The van der Waals surface area contributed by atoms with Crippen LogP contribution >= 0.6 is 11.3 Å². The Hall–Kier alpha value is -1.09. The molecule has 0 fully saturated rings. The maximum Gasteiger partial charge on any atom is 0.230 e. The minimum Gasteiger partial charge on any atom is -0.332 e. The highest BCUT2D eigenvalue weighted by Gasteiger charge is 2.35. The first-order valence-corrected chi connectivity index (χ1v) is 6.07. The molecule has 2 rings (SSSR count). The van der Waals surface area contributed by atoms with Gasteiger partial charge < -0.3 is 5.32 Å². The van der Waals surface area contributed by atoms with Crippen LogP contribution in [-0.4, -0.2) is 5.91 Å². The van der Waals surface area contributed by atoms with Gasteiger partial charge in [0.1, 0.15) is 0 Å². The van der Waals surface area contributed by atoms with Crippen molar-refractivity contribution in [3.63, 3.8) is 0 Å². The normalized spacial score (nSPS) is 26.0. The van der Waals surface area contributed by atoms with E-state index in [0.29, 0.717) is 0 Å². The number of hydrogen-bond donors (Lipinski definition) is 1. The van der Waals surface area contributed by atoms with Crippen LogP contribution in [0.2, 0.25) is 0 Å². The summed E-state index contributed by atoms with van der Waals surface area (Å²) in [6, 6.07) is 4.14. The zero-order chi connectivity index (χ0) is 10.9. The Bertz CT molecular complexity index is 394. The van der Waals surface area contributed by atoms with Crippen molar-refractivity contribution in [3.05, 3.63) is 28.6 Å². The first-order chi connectivity index (χ1) is 7.15. The molecule has 2 nitrogen and oxygen atoms in total. The maximum atomic E-state index is 11.7. The highest BCUT2D eigenvalue weighted by Crippen LogP contribution is 2.37. The Morgan fingerprint density at radius 1 is 1.60 bits per heavy atom. The lowest BCUT2D eigenvalue weighted by molar-refractivity contribution is -0.129. The molecule has 1 aliphatic heterocycles. The Labute approximate surface area is 94.0 Å². The molecule has 15 heavy (non-hydrogen) atoms. The van der Waals surface area contributed by atoms with Gasteiger partial charge in [-0.05, 0) is 29.9 Å². The standard InChI is InChI=1S/C12H15NOS/c1-3-12(2)7-9(8-13-11(12)14)10-5-4-6-15-10/h4-6,8H,3,7H2,1-2H3,(H,13,14). The molecule has 1 aromatic rings. The third-order valence-corrected chi connectivity index (χ3v) is 4.07. The fourth-order valence-corrected chi connectivity index (χ4v) is 2.53. The Balaban J connectivity index is 2.28. The molecule has 1 unspecified atom stereocenters. The molecule has 80 valence electrons. The summed E-state index contributed by atoms with van der Waals surface area (Å²) >= 11 is 1.72. The van der Waals surface area contributed by atoms with Crippen molar-refractivity contribution in [2.75, 3.05) is 0 Å². The van der Waals surface area contributed by atoms with E-state index in [1.54, 1.807) is 11.3 Å². The highest BCUT2D eigenvalue weighted by atomic mass is 32.1. The van der Waals surface area contributed by atoms with E-state index in [9.17, 15) is 4.79 Å². The van der Waals surface area contributed by atoms with E-state index in [1.165, 1.54) is 10.5 Å². The van der Waals surface area contributed by atoms with Gasteiger partial charge >= 0.3 is 0 Å². The van der Waals surface area contributed by atoms with Crippen LogP contribution in [0.15, 0.2) is 23.7 Å². The number of carbonyl (C=O) groups is 1. The largest absolute Gasteiger partial charge is 0.332 e. The van der Waals surface area contributed by atoms with Gasteiger partial charge in [0.25, 0.3) is 0 Å². The van der Waals surface area contributed by atoms with Gasteiger partial charge in [-0.15, -0.1) is 11.3 Å². The average molecular weight is 221 g/mol. The van der Waals surface area contributed by atoms with E-state index in [-0.39, 0.29) is 11.3 Å². The van der Waals surface area contributed by atoms with Crippen molar-refractivity contribution in [2.24, 2.45) is 5.41 Å². The van der Waals surface area contributed by atoms with Crippen LogP contribution in [0.5, 0.6) is 0 Å². The third-order valence-electron chi connectivity index (χ3n) is 3.12. The summed E-state index contributed by atoms with van der Waals surface area (Å²) in [6.07, 6.45) is 3.57. The summed E-state index contributed by atoms with van der Waals surface area (Å²) in [5.74, 6) is 0.144. The molecule has 1 N–H and O–H groups in total. The lowest BCUT2D eigenvalue weighted by Gasteiger charge is -2.31. The quantitative estimate of drug-likeness (QED) is 0.817. The smallest absolute Gasteiger partial charge is 0.230 e. The number of rotatable bonds is 2. The topological polar surface area (TPSA) is 29.1 Å². The molecule has 0 aliphatic carbocycles. The number of hydrogen-bond acceptors (Lipinski definition) is 2. The van der Waals surface area contributed by atoms with Crippen molar-refractivity contribution in [1.29, 1.82) is 0 Å². The van der Waals surface area contributed by atoms with Crippen molar-refractivity contribution in [2.45, 2.75) is 26.7 Å². The van der Waals surface area contributed by atoms with Crippen molar-refractivity contribution >= 4 is 22.8 Å². The molecule has 0 aromatic carbocycles. The van der Waals surface area contributed by atoms with Gasteiger partial charge in [-0.25, -0.2) is 0 Å². The van der Waals surface area contributed by atoms with Crippen LogP contribution in [0.3, 0.4) is 0 Å². The second kappa shape index (κ2) is 3.81. The van der Waals surface area contributed by atoms with Gasteiger partial charge in [0.05, 0.1) is 5.41 Å². The number of allylic oxidation sites excluding steroid dienone is 1. The molecule has 2 heterocycles. The molecule has 0 bridgehead atoms. The van der Waals surface area contributed by atoms with Crippen LogP contribution in [0.25, 0.3) is 5.57 Å². The lowest BCUT2D eigenvalue weighted by Crippen LogP contribution is -2.39. The van der Waals surface area contributed by atoms with Crippen LogP contribution in [-0.2, 0) is 4.79 Å². The van der Waals surface area contributed by atoms with E-state index < -0.39 is 0 Å². The van der Waals surface area contributed by atoms with E-state index >= 15 is 0 Å². The summed E-state index contributed by atoms with van der Waals surface area (Å²) in [4.78, 5) is 13.0. The van der Waals surface area contributed by atoms with E-state index in [2.05, 4.69) is 23.7 Å². The molecule has 1 aromatic heterocycles. The van der Waals surface area contributed by atoms with Crippen molar-refractivity contribution in [3.8, 4) is 0 Å². The summed E-state index contributed by atoms with van der Waals surface area (Å²) in [6.45, 7) is 4.10. The number of amides is 1. The number of carbonyl (C=O) groups excluding carboxylic acids is 1. The fourth-order valence-electron chi connectivity index (χ4n) is 1.78. The minimum atomic E-state index is -0.242. The monoisotopic (exact) mass is 221 g/mol. The SMILES string of the molecule is CCC1(C)CC(c2cccs2)=CNC1=O. The molecule has 1 amide bonds. The number of thiophene rings is 1. The van der Waals surface area contributed by atoms with Gasteiger partial charge in [-0.2, -0.15) is 0 Å². The predicted octanol–water partition coefficient (Wildman–Crippen LogP) is 3.03. The molecule has 0 saturated carbocycles. The Morgan fingerprint density at radius 2 is 2.40 bits per heavy atom. The molecular weight excluding hydrogens is 206 g/mol.